The molecule has 2 fully saturated rings. The van der Waals surface area contributed by atoms with Crippen LogP contribution in [0.2, 0.25) is 0 Å². The van der Waals surface area contributed by atoms with E-state index in [0.29, 0.717) is 5.41 Å². The Hall–Kier alpha value is -0.0400. The third-order valence-electron chi connectivity index (χ3n) is 3.48. The van der Waals surface area contributed by atoms with E-state index in [1.54, 1.807) is 0 Å². The molecule has 1 heteroatoms. The molecule has 1 N–H and O–H groups in total. The highest BCUT2D eigenvalue weighted by Gasteiger charge is 2.49. The van der Waals surface area contributed by atoms with Gasteiger partial charge in [-0.05, 0) is 30.6 Å². The summed E-state index contributed by atoms with van der Waals surface area (Å²) in [5, 5.41) is 3.45. The normalized spacial score (nSPS) is 37.2. The van der Waals surface area contributed by atoms with Crippen molar-refractivity contribution in [2.24, 2.45) is 11.3 Å². The summed E-state index contributed by atoms with van der Waals surface area (Å²) >= 11 is 0. The third-order valence-corrected chi connectivity index (χ3v) is 3.48. The third kappa shape index (κ3) is 0.878. The van der Waals surface area contributed by atoms with Crippen molar-refractivity contribution >= 4 is 0 Å². The molecule has 0 spiro atoms. The molecule has 2 unspecified atom stereocenters. The van der Waals surface area contributed by atoms with Gasteiger partial charge in [0.1, 0.15) is 0 Å². The molecule has 58 valence electrons. The van der Waals surface area contributed by atoms with E-state index < -0.39 is 0 Å². The summed E-state index contributed by atoms with van der Waals surface area (Å²) < 4.78 is 0. The molecule has 1 saturated heterocycles. The SMILES string of the molecule is CCC(C)(C1CC1)C1CN1. The van der Waals surface area contributed by atoms with Crippen molar-refractivity contribution in [1.82, 2.24) is 5.32 Å². The van der Waals surface area contributed by atoms with Crippen molar-refractivity contribution in [1.29, 1.82) is 0 Å². The largest absolute Gasteiger partial charge is 0.311 e. The molecule has 1 aliphatic heterocycles. The average Bonchev–Trinajstić information content (AvgIpc) is 2.73. The zero-order valence-corrected chi connectivity index (χ0v) is 6.98. The molecule has 1 heterocycles. The monoisotopic (exact) mass is 139 g/mol. The number of hydrogen-bond acceptors (Lipinski definition) is 1. The Kier molecular flexibility index (Phi) is 1.31. The summed E-state index contributed by atoms with van der Waals surface area (Å²) in [4.78, 5) is 0. The van der Waals surface area contributed by atoms with Crippen molar-refractivity contribution in [3.8, 4) is 0 Å². The lowest BCUT2D eigenvalue weighted by Gasteiger charge is -2.26. The van der Waals surface area contributed by atoms with Gasteiger partial charge in [0.15, 0.2) is 0 Å². The molecular weight excluding hydrogens is 122 g/mol. The number of hydrogen-bond donors (Lipinski definition) is 1. The highest BCUT2D eigenvalue weighted by Crippen LogP contribution is 2.51. The van der Waals surface area contributed by atoms with Crippen LogP contribution in [0.15, 0.2) is 0 Å². The second kappa shape index (κ2) is 1.97. The van der Waals surface area contributed by atoms with Crippen LogP contribution in [0.25, 0.3) is 0 Å². The Morgan fingerprint density at radius 3 is 2.40 bits per heavy atom. The van der Waals surface area contributed by atoms with Gasteiger partial charge in [-0.3, -0.25) is 0 Å². The van der Waals surface area contributed by atoms with E-state index in [1.807, 2.05) is 0 Å². The van der Waals surface area contributed by atoms with Crippen LogP contribution in [0, 0.1) is 11.3 Å². The maximum atomic E-state index is 3.45. The van der Waals surface area contributed by atoms with Crippen LogP contribution in [-0.2, 0) is 0 Å². The molecule has 2 atom stereocenters. The molecule has 2 rings (SSSR count). The zero-order chi connectivity index (χ0) is 7.19. The first-order valence-corrected chi connectivity index (χ1v) is 4.50. The van der Waals surface area contributed by atoms with Gasteiger partial charge < -0.3 is 5.32 Å². The van der Waals surface area contributed by atoms with Crippen molar-refractivity contribution in [3.05, 3.63) is 0 Å². The molecule has 10 heavy (non-hydrogen) atoms. The standard InChI is InChI=1S/C9H17N/c1-3-9(2,7-4-5-7)8-6-10-8/h7-8,10H,3-6H2,1-2H3. The molecule has 0 aromatic carbocycles. The maximum Gasteiger partial charge on any atom is 0.0249 e. The van der Waals surface area contributed by atoms with Gasteiger partial charge in [-0.2, -0.15) is 0 Å². The number of nitrogens with one attached hydrogen (secondary N) is 1. The first-order valence-electron chi connectivity index (χ1n) is 4.50. The van der Waals surface area contributed by atoms with Gasteiger partial charge in [0.2, 0.25) is 0 Å². The van der Waals surface area contributed by atoms with Gasteiger partial charge in [-0.25, -0.2) is 0 Å². The van der Waals surface area contributed by atoms with E-state index >= 15 is 0 Å². The Morgan fingerprint density at radius 2 is 2.10 bits per heavy atom. The minimum Gasteiger partial charge on any atom is -0.311 e. The van der Waals surface area contributed by atoms with Crippen molar-refractivity contribution in [3.63, 3.8) is 0 Å². The molecular formula is C9H17N. The summed E-state index contributed by atoms with van der Waals surface area (Å²) in [7, 11) is 0. The lowest BCUT2D eigenvalue weighted by molar-refractivity contribution is 0.254. The Balaban J connectivity index is 2.03. The fourth-order valence-electron chi connectivity index (χ4n) is 2.09. The predicted molar refractivity (Wildman–Crippen MR) is 42.9 cm³/mol. The first-order chi connectivity index (χ1) is 4.77. The molecule has 1 aliphatic carbocycles. The molecule has 0 amide bonds. The second-order valence-corrected chi connectivity index (χ2v) is 4.09. The minimum atomic E-state index is 0.653. The van der Waals surface area contributed by atoms with Gasteiger partial charge in [0.05, 0.1) is 0 Å². The average molecular weight is 139 g/mol. The van der Waals surface area contributed by atoms with Gasteiger partial charge in [-0.15, -0.1) is 0 Å². The highest BCUT2D eigenvalue weighted by atomic mass is 15.1. The van der Waals surface area contributed by atoms with Crippen LogP contribution in [0.4, 0.5) is 0 Å². The van der Waals surface area contributed by atoms with Crippen molar-refractivity contribution < 1.29 is 0 Å². The molecule has 0 bridgehead atoms. The summed E-state index contributed by atoms with van der Waals surface area (Å²) in [6.07, 6.45) is 4.33. The number of rotatable bonds is 3. The van der Waals surface area contributed by atoms with E-state index in [2.05, 4.69) is 19.2 Å². The topological polar surface area (TPSA) is 21.9 Å². The van der Waals surface area contributed by atoms with Gasteiger partial charge >= 0.3 is 0 Å². The first kappa shape index (κ1) is 6.66. The van der Waals surface area contributed by atoms with E-state index in [0.717, 1.165) is 12.0 Å². The molecule has 2 aliphatic rings. The summed E-state index contributed by atoms with van der Waals surface area (Å²) in [6.45, 7) is 6.06. The maximum absolute atomic E-state index is 3.45. The Morgan fingerprint density at radius 1 is 1.50 bits per heavy atom. The van der Waals surface area contributed by atoms with Gasteiger partial charge in [0.25, 0.3) is 0 Å². The smallest absolute Gasteiger partial charge is 0.0249 e. The van der Waals surface area contributed by atoms with Crippen LogP contribution < -0.4 is 5.32 Å². The quantitative estimate of drug-likeness (QED) is 0.591. The van der Waals surface area contributed by atoms with Gasteiger partial charge in [0, 0.05) is 12.6 Å². The molecule has 0 aromatic heterocycles. The lowest BCUT2D eigenvalue weighted by Crippen LogP contribution is -2.26. The fourth-order valence-corrected chi connectivity index (χ4v) is 2.09. The van der Waals surface area contributed by atoms with Crippen LogP contribution in [0.3, 0.4) is 0 Å². The molecule has 0 aromatic rings. The van der Waals surface area contributed by atoms with Crippen LogP contribution >= 0.6 is 0 Å². The van der Waals surface area contributed by atoms with Crippen LogP contribution in [0.5, 0.6) is 0 Å². The lowest BCUT2D eigenvalue weighted by atomic mass is 9.79. The second-order valence-electron chi connectivity index (χ2n) is 4.09. The van der Waals surface area contributed by atoms with E-state index in [4.69, 9.17) is 0 Å². The summed E-state index contributed by atoms with van der Waals surface area (Å²) in [6, 6.07) is 0.866. The fraction of sp³-hybridized carbons (Fsp3) is 1.00. The van der Waals surface area contributed by atoms with Crippen LogP contribution in [-0.4, -0.2) is 12.6 Å². The van der Waals surface area contributed by atoms with E-state index in [1.165, 1.54) is 25.8 Å². The van der Waals surface area contributed by atoms with Crippen molar-refractivity contribution in [2.75, 3.05) is 6.54 Å². The molecule has 1 saturated carbocycles. The molecule has 1 nitrogen and oxygen atoms in total. The predicted octanol–water partition coefficient (Wildman–Crippen LogP) is 1.78. The Labute approximate surface area is 63.2 Å². The summed E-state index contributed by atoms with van der Waals surface area (Å²) in [5.74, 6) is 1.05. The Bertz CT molecular complexity index is 122. The van der Waals surface area contributed by atoms with Crippen LogP contribution in [0.1, 0.15) is 33.1 Å². The van der Waals surface area contributed by atoms with Crippen molar-refractivity contribution in [2.45, 2.75) is 39.2 Å². The van der Waals surface area contributed by atoms with E-state index in [9.17, 15) is 0 Å². The zero-order valence-electron chi connectivity index (χ0n) is 6.98. The summed E-state index contributed by atoms with van der Waals surface area (Å²) in [5.41, 5.74) is 0.653. The van der Waals surface area contributed by atoms with Gasteiger partial charge in [-0.1, -0.05) is 13.8 Å². The minimum absolute atomic E-state index is 0.653. The highest BCUT2D eigenvalue weighted by molar-refractivity contribution is 5.04. The van der Waals surface area contributed by atoms with E-state index in [-0.39, 0.29) is 0 Å². The molecule has 0 radical (unpaired) electrons.